The van der Waals surface area contributed by atoms with Crippen LogP contribution in [-0.2, 0) is 4.74 Å². The number of hydrogen-bond acceptors (Lipinski definition) is 4. The van der Waals surface area contributed by atoms with Crippen molar-refractivity contribution in [2.45, 2.75) is 45.3 Å². The molecule has 0 aromatic heterocycles. The van der Waals surface area contributed by atoms with Gasteiger partial charge in [0.05, 0.1) is 5.69 Å². The summed E-state index contributed by atoms with van der Waals surface area (Å²) >= 11 is 0. The van der Waals surface area contributed by atoms with Crippen molar-refractivity contribution in [1.29, 1.82) is 0 Å². The van der Waals surface area contributed by atoms with Gasteiger partial charge in [-0.2, -0.15) is 0 Å². The predicted octanol–water partition coefficient (Wildman–Crippen LogP) is 3.16. The molecular formula is C16H24N2O3. The molecule has 2 N–H and O–H groups in total. The third-order valence-corrected chi connectivity index (χ3v) is 3.10. The topological polar surface area (TPSA) is 59.6 Å². The fourth-order valence-corrected chi connectivity index (χ4v) is 2.18. The Hall–Kier alpha value is -1.75. The number of benzene rings is 1. The summed E-state index contributed by atoms with van der Waals surface area (Å²) in [5.41, 5.74) is 0.125. The predicted molar refractivity (Wildman–Crippen MR) is 82.8 cm³/mol. The van der Waals surface area contributed by atoms with E-state index in [9.17, 15) is 4.79 Å². The number of carbonyl (C=O) groups is 1. The number of carbonyl (C=O) groups excluding carboxylic acids is 1. The quantitative estimate of drug-likeness (QED) is 0.898. The molecule has 1 aliphatic rings. The molecule has 0 saturated carbocycles. The Morgan fingerprint density at radius 2 is 1.90 bits per heavy atom. The van der Waals surface area contributed by atoms with Crippen LogP contribution in [0.1, 0.15) is 33.6 Å². The Morgan fingerprint density at radius 1 is 1.24 bits per heavy atom. The molecule has 1 amide bonds. The highest BCUT2D eigenvalue weighted by Gasteiger charge is 2.19. The summed E-state index contributed by atoms with van der Waals surface area (Å²) in [5, 5.41) is 6.06. The number of hydrogen-bond donors (Lipinski definition) is 2. The lowest BCUT2D eigenvalue weighted by Crippen LogP contribution is -2.34. The van der Waals surface area contributed by atoms with Gasteiger partial charge >= 0.3 is 6.09 Å². The first-order chi connectivity index (χ1) is 9.94. The lowest BCUT2D eigenvalue weighted by molar-refractivity contribution is 0.0634. The smallest absolute Gasteiger partial charge is 0.412 e. The van der Waals surface area contributed by atoms with Crippen molar-refractivity contribution < 1.29 is 14.3 Å². The fraction of sp³-hybridized carbons (Fsp3) is 0.562. The van der Waals surface area contributed by atoms with E-state index >= 15 is 0 Å². The molecule has 0 radical (unpaired) electrons. The van der Waals surface area contributed by atoms with Gasteiger partial charge in [-0.15, -0.1) is 0 Å². The Bertz CT molecular complexity index is 477. The molecule has 0 spiro atoms. The van der Waals surface area contributed by atoms with E-state index in [0.717, 1.165) is 25.9 Å². The summed E-state index contributed by atoms with van der Waals surface area (Å²) in [6.07, 6.45) is 1.67. The van der Waals surface area contributed by atoms with Crippen LogP contribution in [0.3, 0.4) is 0 Å². The first-order valence-corrected chi connectivity index (χ1v) is 7.40. The van der Waals surface area contributed by atoms with E-state index in [4.69, 9.17) is 9.47 Å². The van der Waals surface area contributed by atoms with E-state index in [-0.39, 0.29) is 6.10 Å². The summed E-state index contributed by atoms with van der Waals surface area (Å²) in [5.74, 6) is 0.690. The summed E-state index contributed by atoms with van der Waals surface area (Å²) in [7, 11) is 0. The summed E-state index contributed by atoms with van der Waals surface area (Å²) in [6, 6.07) is 7.45. The zero-order valence-electron chi connectivity index (χ0n) is 12.9. The zero-order chi connectivity index (χ0) is 15.3. The van der Waals surface area contributed by atoms with Gasteiger partial charge in [-0.3, -0.25) is 5.32 Å². The Kier molecular flexibility index (Phi) is 5.07. The molecule has 1 saturated heterocycles. The maximum Gasteiger partial charge on any atom is 0.412 e. The zero-order valence-corrected chi connectivity index (χ0v) is 12.9. The number of ether oxygens (including phenoxy) is 2. The highest BCUT2D eigenvalue weighted by Crippen LogP contribution is 2.27. The Balaban J connectivity index is 2.00. The van der Waals surface area contributed by atoms with Crippen molar-refractivity contribution in [2.75, 3.05) is 18.4 Å². The molecule has 1 aliphatic heterocycles. The number of rotatable bonds is 3. The van der Waals surface area contributed by atoms with Crippen LogP contribution in [0.2, 0.25) is 0 Å². The lowest BCUT2D eigenvalue weighted by atomic mass is 10.1. The molecule has 5 heteroatoms. The average molecular weight is 292 g/mol. The van der Waals surface area contributed by atoms with Crippen LogP contribution < -0.4 is 15.4 Å². The monoisotopic (exact) mass is 292 g/mol. The normalized spacial score (nSPS) is 16.3. The third-order valence-electron chi connectivity index (χ3n) is 3.10. The Labute approximate surface area is 126 Å². The van der Waals surface area contributed by atoms with Crippen molar-refractivity contribution in [3.8, 4) is 5.75 Å². The highest BCUT2D eigenvalue weighted by atomic mass is 16.6. The van der Waals surface area contributed by atoms with Gasteiger partial charge in [-0.1, -0.05) is 12.1 Å². The van der Waals surface area contributed by atoms with Gasteiger partial charge in [-0.25, -0.2) is 4.79 Å². The number of amides is 1. The highest BCUT2D eigenvalue weighted by molar-refractivity contribution is 5.86. The van der Waals surface area contributed by atoms with E-state index in [0.29, 0.717) is 11.4 Å². The van der Waals surface area contributed by atoms with Crippen LogP contribution in [0.15, 0.2) is 24.3 Å². The van der Waals surface area contributed by atoms with Crippen LogP contribution in [-0.4, -0.2) is 30.9 Å². The van der Waals surface area contributed by atoms with Crippen LogP contribution in [0.25, 0.3) is 0 Å². The summed E-state index contributed by atoms with van der Waals surface area (Å²) in [6.45, 7) is 7.44. The maximum atomic E-state index is 11.9. The van der Waals surface area contributed by atoms with Gasteiger partial charge in [0.25, 0.3) is 0 Å². The second kappa shape index (κ2) is 6.80. The van der Waals surface area contributed by atoms with Crippen molar-refractivity contribution in [3.63, 3.8) is 0 Å². The molecular weight excluding hydrogens is 268 g/mol. The maximum absolute atomic E-state index is 11.9. The Morgan fingerprint density at radius 3 is 2.57 bits per heavy atom. The summed E-state index contributed by atoms with van der Waals surface area (Å²) in [4.78, 5) is 11.9. The minimum atomic E-state index is -0.519. The standard InChI is InChI=1S/C16H24N2O3/c1-16(2,3)21-15(19)18-13-6-4-5-7-14(13)20-12-8-10-17-11-9-12/h4-7,12,17H,8-11H2,1-3H3,(H,18,19). The number of nitrogens with one attached hydrogen (secondary N) is 2. The van der Waals surface area contributed by atoms with E-state index in [1.165, 1.54) is 0 Å². The molecule has 21 heavy (non-hydrogen) atoms. The van der Waals surface area contributed by atoms with Gasteiger partial charge in [-0.05, 0) is 58.8 Å². The van der Waals surface area contributed by atoms with Gasteiger partial charge in [0.15, 0.2) is 0 Å². The van der Waals surface area contributed by atoms with Crippen molar-refractivity contribution in [2.24, 2.45) is 0 Å². The fourth-order valence-electron chi connectivity index (χ4n) is 2.18. The molecule has 2 rings (SSSR count). The van der Waals surface area contributed by atoms with Gasteiger partial charge in [0.2, 0.25) is 0 Å². The number of para-hydroxylation sites is 2. The van der Waals surface area contributed by atoms with Crippen LogP contribution in [0.4, 0.5) is 10.5 Å². The van der Waals surface area contributed by atoms with Gasteiger partial charge in [0.1, 0.15) is 17.5 Å². The molecule has 1 fully saturated rings. The van der Waals surface area contributed by atoms with E-state index < -0.39 is 11.7 Å². The first kappa shape index (κ1) is 15.6. The second-order valence-corrected chi connectivity index (χ2v) is 6.19. The van der Waals surface area contributed by atoms with Crippen LogP contribution in [0, 0.1) is 0 Å². The molecule has 0 unspecified atom stereocenters. The summed E-state index contributed by atoms with van der Waals surface area (Å²) < 4.78 is 11.3. The molecule has 0 aliphatic carbocycles. The molecule has 1 heterocycles. The first-order valence-electron chi connectivity index (χ1n) is 7.40. The minimum Gasteiger partial charge on any atom is -0.488 e. The minimum absolute atomic E-state index is 0.188. The van der Waals surface area contributed by atoms with Crippen LogP contribution >= 0.6 is 0 Å². The molecule has 5 nitrogen and oxygen atoms in total. The van der Waals surface area contributed by atoms with Crippen molar-refractivity contribution in [3.05, 3.63) is 24.3 Å². The van der Waals surface area contributed by atoms with E-state index in [1.54, 1.807) is 0 Å². The van der Waals surface area contributed by atoms with E-state index in [2.05, 4.69) is 10.6 Å². The van der Waals surface area contributed by atoms with Crippen molar-refractivity contribution in [1.82, 2.24) is 5.32 Å². The average Bonchev–Trinajstić information content (AvgIpc) is 2.40. The molecule has 1 aromatic rings. The number of anilines is 1. The van der Waals surface area contributed by atoms with Crippen molar-refractivity contribution >= 4 is 11.8 Å². The van der Waals surface area contributed by atoms with Gasteiger partial charge in [0, 0.05) is 0 Å². The van der Waals surface area contributed by atoms with Gasteiger partial charge < -0.3 is 14.8 Å². The lowest BCUT2D eigenvalue weighted by Gasteiger charge is -2.25. The molecule has 1 aromatic carbocycles. The molecule has 0 atom stereocenters. The number of piperidine rings is 1. The third kappa shape index (κ3) is 5.27. The second-order valence-electron chi connectivity index (χ2n) is 6.19. The SMILES string of the molecule is CC(C)(C)OC(=O)Nc1ccccc1OC1CCNCC1. The van der Waals surface area contributed by atoms with Crippen LogP contribution in [0.5, 0.6) is 5.75 Å². The van der Waals surface area contributed by atoms with E-state index in [1.807, 2.05) is 45.0 Å². The largest absolute Gasteiger partial charge is 0.488 e. The molecule has 0 bridgehead atoms. The molecule has 116 valence electrons.